The van der Waals surface area contributed by atoms with Gasteiger partial charge in [-0.1, -0.05) is 12.1 Å². The van der Waals surface area contributed by atoms with Crippen LogP contribution in [0.15, 0.2) is 46.1 Å². The molecule has 1 aromatic carbocycles. The van der Waals surface area contributed by atoms with E-state index in [-0.39, 0.29) is 41.8 Å². The average molecular weight is 547 g/mol. The summed E-state index contributed by atoms with van der Waals surface area (Å²) in [5.74, 6) is 0.422. The van der Waals surface area contributed by atoms with E-state index in [4.69, 9.17) is 4.74 Å². The molecule has 1 atom stereocenters. The first-order valence-electron chi connectivity index (χ1n) is 10.1. The van der Waals surface area contributed by atoms with E-state index in [0.717, 1.165) is 24.0 Å². The monoisotopic (exact) mass is 547 g/mol. The van der Waals surface area contributed by atoms with Crippen LogP contribution < -0.4 is 10.6 Å². The molecule has 1 saturated heterocycles. The van der Waals surface area contributed by atoms with Gasteiger partial charge in [-0.05, 0) is 66.8 Å². The number of guanidine groups is 1. The van der Waals surface area contributed by atoms with Gasteiger partial charge in [0.2, 0.25) is 0 Å². The van der Waals surface area contributed by atoms with Crippen LogP contribution in [0, 0.1) is 5.82 Å². The molecule has 8 heteroatoms. The lowest BCUT2D eigenvalue weighted by Crippen LogP contribution is -2.48. The molecule has 1 aliphatic rings. The van der Waals surface area contributed by atoms with Crippen molar-refractivity contribution in [2.75, 3.05) is 32.8 Å². The molecule has 3 rings (SSSR count). The number of rotatable bonds is 7. The van der Waals surface area contributed by atoms with Crippen LogP contribution in [-0.2, 0) is 15.8 Å². The van der Waals surface area contributed by atoms with Gasteiger partial charge in [-0.15, -0.1) is 24.0 Å². The lowest BCUT2D eigenvalue weighted by atomic mass is 9.74. The number of aliphatic hydroxyl groups is 1. The Morgan fingerprint density at radius 1 is 1.30 bits per heavy atom. The first-order chi connectivity index (χ1) is 14.0. The number of halogens is 2. The van der Waals surface area contributed by atoms with Crippen LogP contribution >= 0.6 is 35.3 Å². The molecule has 166 valence electrons. The Kier molecular flexibility index (Phi) is 9.52. The van der Waals surface area contributed by atoms with Crippen molar-refractivity contribution in [2.45, 2.75) is 37.7 Å². The molecule has 3 N–H and O–H groups in total. The normalized spacial score (nSPS) is 18.2. The van der Waals surface area contributed by atoms with Gasteiger partial charge in [0.05, 0.1) is 6.54 Å². The second kappa shape index (κ2) is 11.4. The van der Waals surface area contributed by atoms with Gasteiger partial charge in [0.15, 0.2) is 5.96 Å². The van der Waals surface area contributed by atoms with E-state index in [1.165, 1.54) is 6.07 Å². The molecule has 1 fully saturated rings. The summed E-state index contributed by atoms with van der Waals surface area (Å²) in [7, 11) is 0. The minimum absolute atomic E-state index is 0. The molecule has 5 nitrogen and oxygen atoms in total. The van der Waals surface area contributed by atoms with E-state index in [1.54, 1.807) is 30.4 Å². The Hall–Kier alpha value is -1.23. The number of ether oxygens (including phenoxy) is 1. The van der Waals surface area contributed by atoms with Crippen molar-refractivity contribution >= 4 is 41.3 Å². The summed E-state index contributed by atoms with van der Waals surface area (Å²) in [4.78, 5) is 4.61. The smallest absolute Gasteiger partial charge is 0.191 e. The molecule has 0 amide bonds. The minimum Gasteiger partial charge on any atom is -0.383 e. The van der Waals surface area contributed by atoms with Gasteiger partial charge in [0.25, 0.3) is 0 Å². The number of benzene rings is 1. The highest BCUT2D eigenvalue weighted by Crippen LogP contribution is 2.34. The summed E-state index contributed by atoms with van der Waals surface area (Å²) in [6.07, 6.45) is 1.63. The van der Waals surface area contributed by atoms with Crippen LogP contribution in [0.4, 0.5) is 4.39 Å². The number of nitrogens with zero attached hydrogens (tertiary/aromatic N) is 1. The number of thiophene rings is 1. The van der Waals surface area contributed by atoms with Crippen LogP contribution in [-0.4, -0.2) is 43.9 Å². The predicted octanol–water partition coefficient (Wildman–Crippen LogP) is 4.02. The summed E-state index contributed by atoms with van der Waals surface area (Å²) >= 11 is 1.56. The van der Waals surface area contributed by atoms with E-state index in [9.17, 15) is 9.50 Å². The second-order valence-corrected chi connectivity index (χ2v) is 8.52. The first-order valence-corrected chi connectivity index (χ1v) is 11.0. The summed E-state index contributed by atoms with van der Waals surface area (Å²) in [5, 5.41) is 21.3. The molecule has 0 aliphatic carbocycles. The van der Waals surface area contributed by atoms with Gasteiger partial charge in [0.1, 0.15) is 11.4 Å². The summed E-state index contributed by atoms with van der Waals surface area (Å²) in [6, 6.07) is 8.77. The molecule has 1 aliphatic heterocycles. The fourth-order valence-electron chi connectivity index (χ4n) is 3.64. The summed E-state index contributed by atoms with van der Waals surface area (Å²) in [5.41, 5.74) is 0.602. The number of hydrogen-bond donors (Lipinski definition) is 3. The zero-order chi connectivity index (χ0) is 20.7. The van der Waals surface area contributed by atoms with Gasteiger partial charge in [-0.2, -0.15) is 11.3 Å². The Bertz CT molecular complexity index is 808. The van der Waals surface area contributed by atoms with Crippen molar-refractivity contribution in [3.63, 3.8) is 0 Å². The fraction of sp³-hybridized carbons (Fsp3) is 0.500. The van der Waals surface area contributed by atoms with Crippen molar-refractivity contribution in [3.05, 3.63) is 58.0 Å². The Morgan fingerprint density at radius 3 is 2.70 bits per heavy atom. The van der Waals surface area contributed by atoms with Crippen molar-refractivity contribution < 1.29 is 14.2 Å². The third-order valence-electron chi connectivity index (χ3n) is 5.51. The van der Waals surface area contributed by atoms with Gasteiger partial charge < -0.3 is 20.5 Å². The highest BCUT2D eigenvalue weighted by molar-refractivity contribution is 14.0. The van der Waals surface area contributed by atoms with E-state index < -0.39 is 5.60 Å². The Morgan fingerprint density at radius 2 is 2.07 bits per heavy atom. The van der Waals surface area contributed by atoms with Crippen molar-refractivity contribution in [1.29, 1.82) is 0 Å². The van der Waals surface area contributed by atoms with Gasteiger partial charge >= 0.3 is 0 Å². The molecular formula is C22H31FIN3O2S. The molecule has 1 unspecified atom stereocenters. The average Bonchev–Trinajstić information content (AvgIpc) is 3.27. The zero-order valence-corrected chi connectivity index (χ0v) is 20.6. The molecule has 0 radical (unpaired) electrons. The van der Waals surface area contributed by atoms with Crippen LogP contribution in [0.2, 0.25) is 0 Å². The van der Waals surface area contributed by atoms with Crippen LogP contribution in [0.5, 0.6) is 0 Å². The Labute approximate surface area is 199 Å². The third kappa shape index (κ3) is 6.38. The topological polar surface area (TPSA) is 65.9 Å². The molecule has 0 bridgehead atoms. The standard InChI is InChI=1S/C22H30FN3O2S.HI/c1-3-24-20(25-15-21(2,27)18-7-12-29-14-18)26-16-22(8-10-28-11-9-22)17-5-4-6-19(23)13-17;/h4-7,12-14,27H,3,8-11,15-16H2,1-2H3,(H2,24,25,26);1H. The van der Waals surface area contributed by atoms with Crippen LogP contribution in [0.1, 0.15) is 37.8 Å². The number of aliphatic imine (C=N–C) groups is 1. The van der Waals surface area contributed by atoms with E-state index >= 15 is 0 Å². The van der Waals surface area contributed by atoms with E-state index in [2.05, 4.69) is 15.6 Å². The van der Waals surface area contributed by atoms with Crippen LogP contribution in [0.25, 0.3) is 0 Å². The quantitative estimate of drug-likeness (QED) is 0.279. The van der Waals surface area contributed by atoms with Gasteiger partial charge in [0, 0.05) is 31.7 Å². The van der Waals surface area contributed by atoms with Gasteiger partial charge in [-0.25, -0.2) is 9.38 Å². The fourth-order valence-corrected chi connectivity index (χ4v) is 4.42. The van der Waals surface area contributed by atoms with E-state index in [1.807, 2.05) is 29.8 Å². The molecule has 1 aromatic heterocycles. The molecule has 2 heterocycles. The largest absolute Gasteiger partial charge is 0.383 e. The second-order valence-electron chi connectivity index (χ2n) is 7.74. The van der Waals surface area contributed by atoms with Crippen molar-refractivity contribution in [1.82, 2.24) is 10.6 Å². The summed E-state index contributed by atoms with van der Waals surface area (Å²) in [6.45, 7) is 6.65. The molecular weight excluding hydrogens is 516 g/mol. The molecule has 0 spiro atoms. The predicted molar refractivity (Wildman–Crippen MR) is 131 cm³/mol. The van der Waals surface area contributed by atoms with Crippen molar-refractivity contribution in [2.24, 2.45) is 4.99 Å². The maximum atomic E-state index is 13.9. The molecule has 0 saturated carbocycles. The highest BCUT2D eigenvalue weighted by Gasteiger charge is 2.35. The first kappa shape index (κ1) is 25.0. The SMILES string of the molecule is CCNC(=NCC(C)(O)c1ccsc1)NCC1(c2cccc(F)c2)CCOCC1.I. The zero-order valence-electron chi connectivity index (χ0n) is 17.5. The lowest BCUT2D eigenvalue weighted by molar-refractivity contribution is 0.0512. The maximum Gasteiger partial charge on any atom is 0.191 e. The number of hydrogen-bond acceptors (Lipinski definition) is 4. The number of nitrogens with one attached hydrogen (secondary N) is 2. The highest BCUT2D eigenvalue weighted by atomic mass is 127. The molecule has 30 heavy (non-hydrogen) atoms. The third-order valence-corrected chi connectivity index (χ3v) is 6.20. The van der Waals surface area contributed by atoms with Crippen LogP contribution in [0.3, 0.4) is 0 Å². The molecule has 2 aromatic rings. The van der Waals surface area contributed by atoms with Crippen molar-refractivity contribution in [3.8, 4) is 0 Å². The van der Waals surface area contributed by atoms with Gasteiger partial charge in [-0.3, -0.25) is 0 Å². The summed E-state index contributed by atoms with van der Waals surface area (Å²) < 4.78 is 19.4. The Balaban J connectivity index is 0.00000320. The van der Waals surface area contributed by atoms with E-state index in [0.29, 0.717) is 32.3 Å². The lowest BCUT2D eigenvalue weighted by Gasteiger charge is -2.38. The minimum atomic E-state index is -1.03. The maximum absolute atomic E-state index is 13.9.